The SMILES string of the molecule is N#Cc1cccc(CNC[C@@H](c2ccco2)N2CCCCC2)c1. The van der Waals surface area contributed by atoms with E-state index < -0.39 is 0 Å². The summed E-state index contributed by atoms with van der Waals surface area (Å²) in [6.45, 7) is 3.89. The summed E-state index contributed by atoms with van der Waals surface area (Å²) in [7, 11) is 0. The fourth-order valence-corrected chi connectivity index (χ4v) is 3.22. The molecule has 0 saturated carbocycles. The van der Waals surface area contributed by atoms with Crippen LogP contribution in [0, 0.1) is 11.3 Å². The molecule has 1 atom stereocenters. The van der Waals surface area contributed by atoms with Crippen molar-refractivity contribution in [3.8, 4) is 6.07 Å². The Kier molecular flexibility index (Phi) is 5.46. The first-order chi connectivity index (χ1) is 11.4. The second-order valence-corrected chi connectivity index (χ2v) is 6.07. The van der Waals surface area contributed by atoms with Crippen LogP contribution in [0.2, 0.25) is 0 Å². The molecule has 2 aromatic rings. The molecule has 1 fully saturated rings. The molecule has 23 heavy (non-hydrogen) atoms. The molecule has 2 heterocycles. The van der Waals surface area contributed by atoms with Crippen LogP contribution in [0.4, 0.5) is 0 Å². The van der Waals surface area contributed by atoms with E-state index in [1.807, 2.05) is 24.3 Å². The molecule has 4 nitrogen and oxygen atoms in total. The Balaban J connectivity index is 1.61. The van der Waals surface area contributed by atoms with Crippen molar-refractivity contribution in [2.75, 3.05) is 19.6 Å². The van der Waals surface area contributed by atoms with Gasteiger partial charge in [-0.1, -0.05) is 18.6 Å². The predicted octanol–water partition coefficient (Wildman–Crippen LogP) is 3.47. The third kappa shape index (κ3) is 4.22. The van der Waals surface area contributed by atoms with Gasteiger partial charge in [-0.25, -0.2) is 0 Å². The van der Waals surface area contributed by atoms with Gasteiger partial charge in [0.25, 0.3) is 0 Å². The van der Waals surface area contributed by atoms with Gasteiger partial charge in [0.15, 0.2) is 0 Å². The van der Waals surface area contributed by atoms with Crippen LogP contribution in [0.1, 0.15) is 42.2 Å². The van der Waals surface area contributed by atoms with Gasteiger partial charge >= 0.3 is 0 Å². The second-order valence-electron chi connectivity index (χ2n) is 6.07. The Hall–Kier alpha value is -2.09. The number of nitrogens with one attached hydrogen (secondary N) is 1. The summed E-state index contributed by atoms with van der Waals surface area (Å²) in [5.74, 6) is 1.03. The zero-order chi connectivity index (χ0) is 15.9. The van der Waals surface area contributed by atoms with Crippen LogP contribution in [-0.2, 0) is 6.54 Å². The van der Waals surface area contributed by atoms with E-state index in [0.29, 0.717) is 5.56 Å². The lowest BCUT2D eigenvalue weighted by molar-refractivity contribution is 0.142. The Morgan fingerprint density at radius 2 is 2.04 bits per heavy atom. The Morgan fingerprint density at radius 1 is 1.17 bits per heavy atom. The third-order valence-electron chi connectivity index (χ3n) is 4.43. The summed E-state index contributed by atoms with van der Waals surface area (Å²) in [4.78, 5) is 2.51. The van der Waals surface area contributed by atoms with Gasteiger partial charge in [0.2, 0.25) is 0 Å². The van der Waals surface area contributed by atoms with Crippen LogP contribution in [0.25, 0.3) is 0 Å². The van der Waals surface area contributed by atoms with E-state index in [2.05, 4.69) is 28.4 Å². The van der Waals surface area contributed by atoms with E-state index in [9.17, 15) is 0 Å². The number of likely N-dealkylation sites (tertiary alicyclic amines) is 1. The summed E-state index contributed by atoms with van der Waals surface area (Å²) in [5.41, 5.74) is 1.85. The maximum atomic E-state index is 8.98. The predicted molar refractivity (Wildman–Crippen MR) is 89.7 cm³/mol. The molecule has 4 heteroatoms. The molecule has 1 aromatic heterocycles. The number of nitrogens with zero attached hydrogens (tertiary/aromatic N) is 2. The van der Waals surface area contributed by atoms with Gasteiger partial charge in [-0.05, 0) is 55.8 Å². The van der Waals surface area contributed by atoms with Crippen molar-refractivity contribution in [1.82, 2.24) is 10.2 Å². The highest BCUT2D eigenvalue weighted by Gasteiger charge is 2.23. The highest BCUT2D eigenvalue weighted by atomic mass is 16.3. The molecule has 1 aliphatic heterocycles. The number of benzene rings is 1. The van der Waals surface area contributed by atoms with E-state index in [0.717, 1.165) is 37.5 Å². The molecule has 1 saturated heterocycles. The molecule has 1 aromatic carbocycles. The molecule has 1 N–H and O–H groups in total. The maximum Gasteiger partial charge on any atom is 0.122 e. The number of piperidine rings is 1. The van der Waals surface area contributed by atoms with Gasteiger partial charge in [-0.3, -0.25) is 4.90 Å². The van der Waals surface area contributed by atoms with Gasteiger partial charge in [0.05, 0.1) is 23.9 Å². The van der Waals surface area contributed by atoms with Gasteiger partial charge in [0.1, 0.15) is 5.76 Å². The standard InChI is InChI=1S/C19H23N3O/c20-13-16-6-4-7-17(12-16)14-21-15-18(19-8-5-11-23-19)22-9-2-1-3-10-22/h4-8,11-12,18,21H,1-3,9-10,14-15H2/t18-/m0/s1. The Bertz CT molecular complexity index is 639. The topological polar surface area (TPSA) is 52.2 Å². The minimum atomic E-state index is 0.282. The maximum absolute atomic E-state index is 8.98. The average molecular weight is 309 g/mol. The van der Waals surface area contributed by atoms with Gasteiger partial charge in [-0.2, -0.15) is 5.26 Å². The van der Waals surface area contributed by atoms with E-state index in [4.69, 9.17) is 9.68 Å². The van der Waals surface area contributed by atoms with E-state index >= 15 is 0 Å². The van der Waals surface area contributed by atoms with Crippen LogP contribution in [0.15, 0.2) is 47.1 Å². The first-order valence-electron chi connectivity index (χ1n) is 8.34. The van der Waals surface area contributed by atoms with Crippen LogP contribution >= 0.6 is 0 Å². The molecular formula is C19H23N3O. The number of nitriles is 1. The first kappa shape index (κ1) is 15.8. The van der Waals surface area contributed by atoms with Crippen LogP contribution in [-0.4, -0.2) is 24.5 Å². The van der Waals surface area contributed by atoms with Crippen molar-refractivity contribution in [2.24, 2.45) is 0 Å². The molecule has 0 bridgehead atoms. The molecule has 0 spiro atoms. The van der Waals surface area contributed by atoms with Gasteiger partial charge < -0.3 is 9.73 Å². The first-order valence-corrected chi connectivity index (χ1v) is 8.34. The van der Waals surface area contributed by atoms with E-state index in [1.165, 1.54) is 19.3 Å². The third-order valence-corrected chi connectivity index (χ3v) is 4.43. The minimum absolute atomic E-state index is 0.282. The number of hydrogen-bond acceptors (Lipinski definition) is 4. The number of hydrogen-bond donors (Lipinski definition) is 1. The van der Waals surface area contributed by atoms with Gasteiger partial charge in [-0.15, -0.1) is 0 Å². The highest BCUT2D eigenvalue weighted by Crippen LogP contribution is 2.24. The summed E-state index contributed by atoms with van der Waals surface area (Å²) in [5, 5.41) is 12.5. The second kappa shape index (κ2) is 7.96. The number of rotatable bonds is 6. The zero-order valence-electron chi connectivity index (χ0n) is 13.4. The fraction of sp³-hybridized carbons (Fsp3) is 0.421. The van der Waals surface area contributed by atoms with Crippen molar-refractivity contribution < 1.29 is 4.42 Å². The molecule has 0 radical (unpaired) electrons. The Morgan fingerprint density at radius 3 is 2.78 bits per heavy atom. The smallest absolute Gasteiger partial charge is 0.122 e. The van der Waals surface area contributed by atoms with Crippen LogP contribution < -0.4 is 5.32 Å². The molecule has 120 valence electrons. The molecular weight excluding hydrogens is 286 g/mol. The lowest BCUT2D eigenvalue weighted by atomic mass is 10.1. The molecule has 0 amide bonds. The van der Waals surface area contributed by atoms with Gasteiger partial charge in [0, 0.05) is 13.1 Å². The summed E-state index contributed by atoms with van der Waals surface area (Å²) in [6, 6.07) is 14.3. The normalized spacial score (nSPS) is 16.8. The largest absolute Gasteiger partial charge is 0.468 e. The highest BCUT2D eigenvalue weighted by molar-refractivity contribution is 5.32. The monoisotopic (exact) mass is 309 g/mol. The van der Waals surface area contributed by atoms with Crippen molar-refractivity contribution >= 4 is 0 Å². The summed E-state index contributed by atoms with van der Waals surface area (Å²) < 4.78 is 5.66. The molecule has 3 rings (SSSR count). The zero-order valence-corrected chi connectivity index (χ0v) is 13.4. The van der Waals surface area contributed by atoms with E-state index in [1.54, 1.807) is 6.26 Å². The molecule has 0 unspecified atom stereocenters. The van der Waals surface area contributed by atoms with Crippen LogP contribution in [0.3, 0.4) is 0 Å². The van der Waals surface area contributed by atoms with Crippen molar-refractivity contribution in [1.29, 1.82) is 5.26 Å². The fourth-order valence-electron chi connectivity index (χ4n) is 3.22. The molecule has 0 aliphatic carbocycles. The van der Waals surface area contributed by atoms with E-state index in [-0.39, 0.29) is 6.04 Å². The lowest BCUT2D eigenvalue weighted by Crippen LogP contribution is -2.38. The van der Waals surface area contributed by atoms with Crippen molar-refractivity contribution in [3.05, 3.63) is 59.5 Å². The lowest BCUT2D eigenvalue weighted by Gasteiger charge is -2.33. The molecule has 1 aliphatic rings. The summed E-state index contributed by atoms with van der Waals surface area (Å²) in [6.07, 6.45) is 5.61. The number of furan rings is 1. The Labute approximate surface area is 137 Å². The van der Waals surface area contributed by atoms with Crippen molar-refractivity contribution in [3.63, 3.8) is 0 Å². The van der Waals surface area contributed by atoms with Crippen molar-refractivity contribution in [2.45, 2.75) is 31.8 Å². The quantitative estimate of drug-likeness (QED) is 0.888. The average Bonchev–Trinajstić information content (AvgIpc) is 3.14. The minimum Gasteiger partial charge on any atom is -0.468 e. The van der Waals surface area contributed by atoms with Crippen LogP contribution in [0.5, 0.6) is 0 Å². The summed E-state index contributed by atoms with van der Waals surface area (Å²) >= 11 is 0.